The van der Waals surface area contributed by atoms with Crippen LogP contribution in [0.1, 0.15) is 57.6 Å². The smallest absolute Gasteiger partial charge is 0.122 e. The topological polar surface area (TPSA) is 21.3 Å². The maximum Gasteiger partial charge on any atom is 0.122 e. The second-order valence-corrected chi connectivity index (χ2v) is 6.41. The molecule has 1 N–H and O–H groups in total. The van der Waals surface area contributed by atoms with Gasteiger partial charge in [-0.25, -0.2) is 0 Å². The fraction of sp³-hybridized carbons (Fsp3) is 0.684. The molecule has 118 valence electrons. The Morgan fingerprint density at radius 1 is 1.19 bits per heavy atom. The molecule has 2 nitrogen and oxygen atoms in total. The maximum atomic E-state index is 5.59. The number of nitrogens with one attached hydrogen (secondary N) is 1. The van der Waals surface area contributed by atoms with Gasteiger partial charge in [0, 0.05) is 12.5 Å². The van der Waals surface area contributed by atoms with Crippen LogP contribution in [0.3, 0.4) is 0 Å². The maximum absolute atomic E-state index is 5.59. The third-order valence-electron chi connectivity index (χ3n) is 4.59. The van der Waals surface area contributed by atoms with Crippen LogP contribution in [0.2, 0.25) is 0 Å². The van der Waals surface area contributed by atoms with Gasteiger partial charge < -0.3 is 10.1 Å². The Kier molecular flexibility index (Phi) is 6.56. The largest absolute Gasteiger partial charge is 0.493 e. The average molecular weight is 289 g/mol. The summed E-state index contributed by atoms with van der Waals surface area (Å²) in [6.45, 7) is 8.92. The number of fused-ring (bicyclic) bond motifs is 1. The molecule has 2 atom stereocenters. The van der Waals surface area contributed by atoms with E-state index in [0.29, 0.717) is 6.04 Å². The zero-order valence-electron chi connectivity index (χ0n) is 14.0. The van der Waals surface area contributed by atoms with E-state index in [9.17, 15) is 0 Å². The van der Waals surface area contributed by atoms with E-state index in [4.69, 9.17) is 4.74 Å². The van der Waals surface area contributed by atoms with Crippen molar-refractivity contribution < 1.29 is 4.74 Å². The molecule has 0 saturated heterocycles. The lowest BCUT2D eigenvalue weighted by atomic mass is 9.91. The molecule has 2 heteroatoms. The molecule has 0 saturated carbocycles. The number of benzene rings is 1. The minimum Gasteiger partial charge on any atom is -0.493 e. The van der Waals surface area contributed by atoms with Crippen molar-refractivity contribution in [3.63, 3.8) is 0 Å². The summed E-state index contributed by atoms with van der Waals surface area (Å²) in [5.74, 6) is 1.86. The minimum atomic E-state index is 0.648. The summed E-state index contributed by atoms with van der Waals surface area (Å²) < 4.78 is 5.59. The Labute approximate surface area is 130 Å². The predicted octanol–water partition coefficient (Wildman–Crippen LogP) is 4.36. The first-order valence-electron chi connectivity index (χ1n) is 8.72. The summed E-state index contributed by atoms with van der Waals surface area (Å²) in [4.78, 5) is 0. The van der Waals surface area contributed by atoms with E-state index in [1.807, 2.05) is 0 Å². The highest BCUT2D eigenvalue weighted by Crippen LogP contribution is 2.27. The molecule has 1 aromatic rings. The number of hydrogen-bond acceptors (Lipinski definition) is 2. The van der Waals surface area contributed by atoms with Gasteiger partial charge in [0.15, 0.2) is 0 Å². The van der Waals surface area contributed by atoms with E-state index in [-0.39, 0.29) is 0 Å². The SMILES string of the molecule is CCCNC(CCc1ccc2c(c1)CCO2)C(C)CCC. The van der Waals surface area contributed by atoms with Crippen LogP contribution >= 0.6 is 0 Å². The second-order valence-electron chi connectivity index (χ2n) is 6.41. The summed E-state index contributed by atoms with van der Waals surface area (Å²) in [5, 5.41) is 3.75. The second kappa shape index (κ2) is 8.43. The molecule has 1 aliphatic heterocycles. The lowest BCUT2D eigenvalue weighted by Crippen LogP contribution is -2.36. The highest BCUT2D eigenvalue weighted by atomic mass is 16.5. The lowest BCUT2D eigenvalue weighted by Gasteiger charge is -2.25. The molecule has 0 aliphatic carbocycles. The van der Waals surface area contributed by atoms with Crippen LogP contribution < -0.4 is 10.1 Å². The zero-order chi connectivity index (χ0) is 15.1. The molecule has 0 aromatic heterocycles. The first kappa shape index (κ1) is 16.4. The van der Waals surface area contributed by atoms with E-state index in [0.717, 1.165) is 31.2 Å². The van der Waals surface area contributed by atoms with E-state index < -0.39 is 0 Å². The van der Waals surface area contributed by atoms with Crippen molar-refractivity contribution in [1.82, 2.24) is 5.32 Å². The normalized spacial score (nSPS) is 16.3. The van der Waals surface area contributed by atoms with Gasteiger partial charge in [-0.3, -0.25) is 0 Å². The summed E-state index contributed by atoms with van der Waals surface area (Å²) in [6, 6.07) is 7.39. The van der Waals surface area contributed by atoms with Gasteiger partial charge in [0.1, 0.15) is 5.75 Å². The first-order chi connectivity index (χ1) is 10.2. The molecule has 2 unspecified atom stereocenters. The van der Waals surface area contributed by atoms with Crippen LogP contribution in [0.25, 0.3) is 0 Å². The molecular weight excluding hydrogens is 258 g/mol. The Bertz CT molecular complexity index is 430. The van der Waals surface area contributed by atoms with Crippen LogP contribution in [-0.2, 0) is 12.8 Å². The molecule has 2 rings (SSSR count). The fourth-order valence-electron chi connectivity index (χ4n) is 3.29. The molecule has 1 aromatic carbocycles. The van der Waals surface area contributed by atoms with Gasteiger partial charge in [-0.2, -0.15) is 0 Å². The van der Waals surface area contributed by atoms with Gasteiger partial charge in [-0.05, 0) is 55.3 Å². The molecular formula is C19H31NO. The van der Waals surface area contributed by atoms with Gasteiger partial charge in [0.05, 0.1) is 6.61 Å². The van der Waals surface area contributed by atoms with Crippen molar-refractivity contribution in [3.8, 4) is 5.75 Å². The van der Waals surface area contributed by atoms with E-state index in [2.05, 4.69) is 44.3 Å². The third kappa shape index (κ3) is 4.74. The van der Waals surface area contributed by atoms with E-state index in [1.165, 1.54) is 43.2 Å². The average Bonchev–Trinajstić information content (AvgIpc) is 2.95. The molecule has 0 spiro atoms. The highest BCUT2D eigenvalue weighted by molar-refractivity contribution is 5.39. The Hall–Kier alpha value is -1.02. The third-order valence-corrected chi connectivity index (χ3v) is 4.59. The number of aryl methyl sites for hydroxylation is 1. The zero-order valence-corrected chi connectivity index (χ0v) is 14.0. The molecule has 0 amide bonds. The molecule has 0 radical (unpaired) electrons. The summed E-state index contributed by atoms with van der Waals surface area (Å²) in [5.41, 5.74) is 2.86. The lowest BCUT2D eigenvalue weighted by molar-refractivity contribution is 0.337. The predicted molar refractivity (Wildman–Crippen MR) is 90.1 cm³/mol. The van der Waals surface area contributed by atoms with Crippen molar-refractivity contribution >= 4 is 0 Å². The van der Waals surface area contributed by atoms with Crippen molar-refractivity contribution in [3.05, 3.63) is 29.3 Å². The first-order valence-corrected chi connectivity index (χ1v) is 8.72. The van der Waals surface area contributed by atoms with Gasteiger partial charge >= 0.3 is 0 Å². The standard InChI is InChI=1S/C19H31NO/c1-4-6-15(3)18(20-12-5-2)9-7-16-8-10-19-17(14-16)11-13-21-19/h8,10,14-15,18,20H,4-7,9,11-13H2,1-3H3. The van der Waals surface area contributed by atoms with Crippen molar-refractivity contribution in [2.24, 2.45) is 5.92 Å². The van der Waals surface area contributed by atoms with Gasteiger partial charge in [-0.15, -0.1) is 0 Å². The van der Waals surface area contributed by atoms with Crippen LogP contribution in [0.4, 0.5) is 0 Å². The van der Waals surface area contributed by atoms with Crippen molar-refractivity contribution in [2.45, 2.75) is 65.3 Å². The number of rotatable bonds is 9. The van der Waals surface area contributed by atoms with Crippen molar-refractivity contribution in [2.75, 3.05) is 13.2 Å². The van der Waals surface area contributed by atoms with Crippen LogP contribution in [0, 0.1) is 5.92 Å². The van der Waals surface area contributed by atoms with Gasteiger partial charge in [0.2, 0.25) is 0 Å². The molecule has 0 bridgehead atoms. The van der Waals surface area contributed by atoms with Crippen molar-refractivity contribution in [1.29, 1.82) is 0 Å². The Morgan fingerprint density at radius 3 is 2.81 bits per heavy atom. The molecule has 0 fully saturated rings. The van der Waals surface area contributed by atoms with Gasteiger partial charge in [0.25, 0.3) is 0 Å². The Balaban J connectivity index is 1.90. The fourth-order valence-corrected chi connectivity index (χ4v) is 3.29. The van der Waals surface area contributed by atoms with E-state index in [1.54, 1.807) is 0 Å². The quantitative estimate of drug-likeness (QED) is 0.729. The summed E-state index contributed by atoms with van der Waals surface area (Å²) in [6.07, 6.45) is 7.29. The monoisotopic (exact) mass is 289 g/mol. The van der Waals surface area contributed by atoms with Crippen LogP contribution in [0.15, 0.2) is 18.2 Å². The van der Waals surface area contributed by atoms with E-state index >= 15 is 0 Å². The highest BCUT2D eigenvalue weighted by Gasteiger charge is 2.17. The van der Waals surface area contributed by atoms with Crippen LogP contribution in [-0.4, -0.2) is 19.2 Å². The number of hydrogen-bond donors (Lipinski definition) is 1. The summed E-state index contributed by atoms with van der Waals surface area (Å²) >= 11 is 0. The molecule has 1 aliphatic rings. The molecule has 21 heavy (non-hydrogen) atoms. The summed E-state index contributed by atoms with van der Waals surface area (Å²) in [7, 11) is 0. The Morgan fingerprint density at radius 2 is 2.05 bits per heavy atom. The molecule has 1 heterocycles. The number of ether oxygens (including phenoxy) is 1. The minimum absolute atomic E-state index is 0.648. The van der Waals surface area contributed by atoms with Gasteiger partial charge in [-0.1, -0.05) is 39.3 Å². The van der Waals surface area contributed by atoms with Crippen LogP contribution in [0.5, 0.6) is 5.75 Å².